The molecule has 1 nitrogen and oxygen atoms in total. The van der Waals surface area contributed by atoms with Gasteiger partial charge in [-0.1, -0.05) is 36.8 Å². The SMILES string of the molecule is C[CH-]CCCc1cccc(Oc2ccccc2)c1.[K+]. The van der Waals surface area contributed by atoms with E-state index in [0.29, 0.717) is 0 Å². The van der Waals surface area contributed by atoms with Crippen LogP contribution in [0.4, 0.5) is 0 Å². The van der Waals surface area contributed by atoms with Crippen LogP contribution in [-0.2, 0) is 6.42 Å². The van der Waals surface area contributed by atoms with Crippen molar-refractivity contribution in [2.24, 2.45) is 0 Å². The molecule has 0 saturated carbocycles. The van der Waals surface area contributed by atoms with Crippen LogP contribution in [0.15, 0.2) is 54.6 Å². The van der Waals surface area contributed by atoms with E-state index in [2.05, 4.69) is 31.5 Å². The van der Waals surface area contributed by atoms with Crippen molar-refractivity contribution in [2.75, 3.05) is 0 Å². The van der Waals surface area contributed by atoms with Crippen molar-refractivity contribution < 1.29 is 56.1 Å². The van der Waals surface area contributed by atoms with Gasteiger partial charge in [-0.15, -0.1) is 0 Å². The molecule has 2 aromatic rings. The van der Waals surface area contributed by atoms with E-state index in [0.717, 1.165) is 17.9 Å². The number of hydrogen-bond acceptors (Lipinski definition) is 1. The maximum absolute atomic E-state index is 5.82. The van der Waals surface area contributed by atoms with E-state index >= 15 is 0 Å². The summed E-state index contributed by atoms with van der Waals surface area (Å²) in [5.74, 6) is 1.80. The molecule has 0 N–H and O–H groups in total. The second-order valence-corrected chi connectivity index (χ2v) is 4.36. The second kappa shape index (κ2) is 9.73. The van der Waals surface area contributed by atoms with Gasteiger partial charge >= 0.3 is 51.4 Å². The molecule has 0 saturated heterocycles. The number of hydrogen-bond donors (Lipinski definition) is 0. The van der Waals surface area contributed by atoms with Gasteiger partial charge in [0.05, 0.1) is 0 Å². The molecule has 0 unspecified atom stereocenters. The van der Waals surface area contributed by atoms with Crippen molar-refractivity contribution in [1.29, 1.82) is 0 Å². The first-order chi connectivity index (χ1) is 8.88. The zero-order valence-corrected chi connectivity index (χ0v) is 14.9. The van der Waals surface area contributed by atoms with Gasteiger partial charge in [0.2, 0.25) is 0 Å². The minimum atomic E-state index is 0. The average molecular weight is 278 g/mol. The largest absolute Gasteiger partial charge is 1.00 e. The fourth-order valence-electron chi connectivity index (χ4n) is 1.90. The molecule has 0 aliphatic carbocycles. The normalized spacial score (nSPS) is 9.74. The molecule has 0 spiro atoms. The van der Waals surface area contributed by atoms with Crippen LogP contribution < -0.4 is 56.1 Å². The molecule has 2 aromatic carbocycles. The first kappa shape index (κ1) is 16.9. The fourth-order valence-corrected chi connectivity index (χ4v) is 1.90. The van der Waals surface area contributed by atoms with Crippen LogP contribution in [0, 0.1) is 6.42 Å². The Morgan fingerprint density at radius 3 is 2.42 bits per heavy atom. The summed E-state index contributed by atoms with van der Waals surface area (Å²) in [6.45, 7) is 2.11. The Morgan fingerprint density at radius 1 is 0.947 bits per heavy atom. The van der Waals surface area contributed by atoms with Gasteiger partial charge in [-0.2, -0.15) is 13.3 Å². The zero-order valence-electron chi connectivity index (χ0n) is 11.8. The number of rotatable bonds is 6. The van der Waals surface area contributed by atoms with Crippen LogP contribution >= 0.6 is 0 Å². The van der Waals surface area contributed by atoms with Crippen molar-refractivity contribution in [1.82, 2.24) is 0 Å². The van der Waals surface area contributed by atoms with Gasteiger partial charge in [0.15, 0.2) is 0 Å². The van der Waals surface area contributed by atoms with Gasteiger partial charge in [0, 0.05) is 0 Å². The topological polar surface area (TPSA) is 9.23 Å². The van der Waals surface area contributed by atoms with Crippen molar-refractivity contribution in [2.45, 2.75) is 26.2 Å². The van der Waals surface area contributed by atoms with E-state index in [4.69, 9.17) is 4.74 Å². The third-order valence-electron chi connectivity index (χ3n) is 2.84. The summed E-state index contributed by atoms with van der Waals surface area (Å²) in [5.41, 5.74) is 1.34. The molecule has 0 aliphatic heterocycles. The van der Waals surface area contributed by atoms with E-state index in [1.165, 1.54) is 18.4 Å². The van der Waals surface area contributed by atoms with Crippen molar-refractivity contribution in [3.05, 3.63) is 66.6 Å². The van der Waals surface area contributed by atoms with Crippen molar-refractivity contribution >= 4 is 0 Å². The van der Waals surface area contributed by atoms with E-state index in [1.54, 1.807) is 0 Å². The zero-order chi connectivity index (χ0) is 12.6. The Bertz CT molecular complexity index is 468. The molecule has 0 amide bonds. The average Bonchev–Trinajstić information content (AvgIpc) is 2.41. The molecule has 0 heterocycles. The van der Waals surface area contributed by atoms with E-state index in [-0.39, 0.29) is 51.4 Å². The molecule has 19 heavy (non-hydrogen) atoms. The quantitative estimate of drug-likeness (QED) is 0.446. The number of ether oxygens (including phenoxy) is 1. The Labute approximate surface area is 158 Å². The van der Waals surface area contributed by atoms with Gasteiger partial charge in [-0.05, 0) is 36.2 Å². The minimum absolute atomic E-state index is 0. The number of para-hydroxylation sites is 1. The third-order valence-corrected chi connectivity index (χ3v) is 2.84. The first-order valence-electron chi connectivity index (χ1n) is 6.48. The maximum Gasteiger partial charge on any atom is 1.00 e. The predicted octanol–water partition coefficient (Wildman–Crippen LogP) is 2.03. The summed E-state index contributed by atoms with van der Waals surface area (Å²) in [6, 6.07) is 18.2. The molecule has 2 heteroatoms. The molecule has 0 fully saturated rings. The van der Waals surface area contributed by atoms with Crippen LogP contribution in [0.25, 0.3) is 0 Å². The predicted molar refractivity (Wildman–Crippen MR) is 75.9 cm³/mol. The monoisotopic (exact) mass is 278 g/mol. The van der Waals surface area contributed by atoms with Crippen LogP contribution in [0.5, 0.6) is 11.5 Å². The van der Waals surface area contributed by atoms with Gasteiger partial charge in [-0.25, -0.2) is 0 Å². The van der Waals surface area contributed by atoms with Gasteiger partial charge < -0.3 is 11.2 Å². The standard InChI is InChI=1S/C17H19O.K/c1-2-3-5-9-15-10-8-13-17(14-15)18-16-11-6-4-7-12-16;/h2,4,6-8,10-14H,3,5,9H2,1H3;/q-1;+1. The molecule has 0 bridgehead atoms. The third kappa shape index (κ3) is 6.24. The van der Waals surface area contributed by atoms with Gasteiger partial charge in [-0.3, -0.25) is 0 Å². The molecule has 94 valence electrons. The van der Waals surface area contributed by atoms with E-state index in [9.17, 15) is 0 Å². The molecule has 0 aromatic heterocycles. The van der Waals surface area contributed by atoms with Crippen LogP contribution in [0.1, 0.15) is 25.3 Å². The Kier molecular flexibility index (Phi) is 8.67. The van der Waals surface area contributed by atoms with Gasteiger partial charge in [0.1, 0.15) is 11.5 Å². The molecule has 2 rings (SSSR count). The molecular weight excluding hydrogens is 259 g/mol. The molecular formula is C17H19KO. The minimum Gasteiger partial charge on any atom is -0.457 e. The maximum atomic E-state index is 5.82. The smallest absolute Gasteiger partial charge is 0.457 e. The number of unbranched alkanes of at least 4 members (excludes halogenated alkanes) is 2. The summed E-state index contributed by atoms with van der Waals surface area (Å²) >= 11 is 0. The van der Waals surface area contributed by atoms with Crippen LogP contribution in [-0.4, -0.2) is 0 Å². The van der Waals surface area contributed by atoms with Crippen molar-refractivity contribution in [3.8, 4) is 11.5 Å². The van der Waals surface area contributed by atoms with E-state index < -0.39 is 0 Å². The van der Waals surface area contributed by atoms with Gasteiger partial charge in [0.25, 0.3) is 0 Å². The Morgan fingerprint density at radius 2 is 1.68 bits per heavy atom. The second-order valence-electron chi connectivity index (χ2n) is 4.36. The number of benzene rings is 2. The van der Waals surface area contributed by atoms with E-state index in [1.807, 2.05) is 36.4 Å². The van der Waals surface area contributed by atoms with Crippen LogP contribution in [0.2, 0.25) is 0 Å². The number of aryl methyl sites for hydroxylation is 1. The molecule has 0 aliphatic rings. The summed E-state index contributed by atoms with van der Waals surface area (Å²) in [5, 5.41) is 0. The Balaban J connectivity index is 0.00000180. The summed E-state index contributed by atoms with van der Waals surface area (Å²) in [7, 11) is 0. The summed E-state index contributed by atoms with van der Waals surface area (Å²) < 4.78 is 5.82. The molecule has 0 radical (unpaired) electrons. The Hall–Kier alpha value is -0.124. The summed E-state index contributed by atoms with van der Waals surface area (Å²) in [6.07, 6.45) is 5.69. The summed E-state index contributed by atoms with van der Waals surface area (Å²) in [4.78, 5) is 0. The fraction of sp³-hybridized carbons (Fsp3) is 0.235. The van der Waals surface area contributed by atoms with Crippen LogP contribution in [0.3, 0.4) is 0 Å². The first-order valence-corrected chi connectivity index (χ1v) is 6.48. The van der Waals surface area contributed by atoms with Crippen molar-refractivity contribution in [3.63, 3.8) is 0 Å². The molecule has 0 atom stereocenters.